The first-order chi connectivity index (χ1) is 15.6. The molecule has 0 N–H and O–H groups in total. The highest BCUT2D eigenvalue weighted by atomic mass is 32.2. The van der Waals surface area contributed by atoms with Gasteiger partial charge in [-0.3, -0.25) is 9.36 Å². The zero-order valence-corrected chi connectivity index (χ0v) is 19.4. The van der Waals surface area contributed by atoms with Gasteiger partial charge in [0.25, 0.3) is 0 Å². The summed E-state index contributed by atoms with van der Waals surface area (Å²) in [5.74, 6) is 0.274. The van der Waals surface area contributed by atoms with Gasteiger partial charge in [-0.2, -0.15) is 0 Å². The largest absolute Gasteiger partial charge is 0.339 e. The molecule has 0 radical (unpaired) electrons. The molecule has 4 rings (SSSR count). The average Bonchev–Trinajstić information content (AvgIpc) is 3.21. The number of nitrogens with zero attached hydrogens (tertiary/aromatic N) is 4. The molecule has 5 nitrogen and oxygen atoms in total. The van der Waals surface area contributed by atoms with Crippen LogP contribution >= 0.6 is 11.8 Å². The van der Waals surface area contributed by atoms with Crippen molar-refractivity contribution in [3.05, 3.63) is 66.0 Å². The number of piperidine rings is 1. The quantitative estimate of drug-likeness (QED) is 0.450. The Labute approximate surface area is 193 Å². The van der Waals surface area contributed by atoms with Gasteiger partial charge in [-0.05, 0) is 50.3 Å². The van der Waals surface area contributed by atoms with Crippen molar-refractivity contribution in [2.45, 2.75) is 62.5 Å². The Morgan fingerprint density at radius 2 is 1.88 bits per heavy atom. The predicted molar refractivity (Wildman–Crippen MR) is 126 cm³/mol. The van der Waals surface area contributed by atoms with E-state index in [0.29, 0.717) is 29.1 Å². The van der Waals surface area contributed by atoms with E-state index < -0.39 is 0 Å². The molecular weight excluding hydrogens is 423 g/mol. The predicted octanol–water partition coefficient (Wildman–Crippen LogP) is 5.40. The molecule has 32 heavy (non-hydrogen) atoms. The maximum absolute atomic E-state index is 14.6. The Kier molecular flexibility index (Phi) is 7.25. The van der Waals surface area contributed by atoms with Crippen molar-refractivity contribution in [1.82, 2.24) is 19.7 Å². The van der Waals surface area contributed by atoms with E-state index in [9.17, 15) is 9.18 Å². The molecule has 1 saturated heterocycles. The molecule has 1 aliphatic heterocycles. The second kappa shape index (κ2) is 10.3. The summed E-state index contributed by atoms with van der Waals surface area (Å²) in [7, 11) is 0. The Bertz CT molecular complexity index is 1060. The topological polar surface area (TPSA) is 51.0 Å². The van der Waals surface area contributed by atoms with Crippen LogP contribution in [0.15, 0.2) is 59.8 Å². The lowest BCUT2D eigenvalue weighted by Crippen LogP contribution is -2.46. The molecule has 1 amide bonds. The van der Waals surface area contributed by atoms with Crippen molar-refractivity contribution in [3.63, 3.8) is 0 Å². The van der Waals surface area contributed by atoms with Crippen LogP contribution in [0.2, 0.25) is 0 Å². The molecule has 0 saturated carbocycles. The van der Waals surface area contributed by atoms with Crippen LogP contribution in [0.1, 0.15) is 45.1 Å². The zero-order chi connectivity index (χ0) is 22.5. The average molecular weight is 453 g/mol. The number of benzene rings is 2. The summed E-state index contributed by atoms with van der Waals surface area (Å²) in [4.78, 5) is 15.3. The minimum absolute atomic E-state index is 0.142. The second-order valence-electron chi connectivity index (χ2n) is 8.21. The summed E-state index contributed by atoms with van der Waals surface area (Å²) in [6.07, 6.45) is 4.29. The van der Waals surface area contributed by atoms with Crippen LogP contribution in [0, 0.1) is 5.82 Å². The number of hydrogen-bond donors (Lipinski definition) is 0. The minimum Gasteiger partial charge on any atom is -0.339 e. The number of rotatable bonds is 7. The summed E-state index contributed by atoms with van der Waals surface area (Å²) < 4.78 is 16.5. The lowest BCUT2D eigenvalue weighted by Gasteiger charge is -2.36. The summed E-state index contributed by atoms with van der Waals surface area (Å²) in [6.45, 7) is 5.39. The van der Waals surface area contributed by atoms with Gasteiger partial charge in [0.1, 0.15) is 5.82 Å². The first-order valence-corrected chi connectivity index (χ1v) is 12.2. The number of halogens is 1. The molecule has 2 heterocycles. The second-order valence-corrected chi connectivity index (χ2v) is 9.52. The lowest BCUT2D eigenvalue weighted by atomic mass is 10.00. The fourth-order valence-electron chi connectivity index (χ4n) is 4.28. The fourth-order valence-corrected chi connectivity index (χ4v) is 5.20. The number of carbonyl (C=O) groups is 1. The molecule has 3 aromatic rings. The Morgan fingerprint density at radius 3 is 2.62 bits per heavy atom. The van der Waals surface area contributed by atoms with Crippen molar-refractivity contribution in [2.24, 2.45) is 0 Å². The van der Waals surface area contributed by atoms with Gasteiger partial charge in [-0.1, -0.05) is 61.2 Å². The minimum atomic E-state index is -0.339. The molecule has 2 unspecified atom stereocenters. The SMILES string of the molecule is CCC1CCCCN1C(=O)C(C)Sc1nnc(-c2ccccc2F)n1Cc1ccccc1. The van der Waals surface area contributed by atoms with Crippen molar-refractivity contribution >= 4 is 17.7 Å². The normalized spacial score (nSPS) is 17.3. The van der Waals surface area contributed by atoms with Gasteiger partial charge < -0.3 is 4.90 Å². The molecule has 2 atom stereocenters. The van der Waals surface area contributed by atoms with E-state index in [0.717, 1.165) is 31.4 Å². The van der Waals surface area contributed by atoms with Crippen molar-refractivity contribution in [1.29, 1.82) is 0 Å². The monoisotopic (exact) mass is 452 g/mol. The number of aromatic nitrogens is 3. The summed E-state index contributed by atoms with van der Waals surface area (Å²) >= 11 is 1.40. The van der Waals surface area contributed by atoms with Crippen LogP contribution in [0.25, 0.3) is 11.4 Å². The van der Waals surface area contributed by atoms with Crippen molar-refractivity contribution in [3.8, 4) is 11.4 Å². The smallest absolute Gasteiger partial charge is 0.236 e. The fraction of sp³-hybridized carbons (Fsp3) is 0.400. The van der Waals surface area contributed by atoms with Gasteiger partial charge >= 0.3 is 0 Å². The molecule has 2 aromatic carbocycles. The zero-order valence-electron chi connectivity index (χ0n) is 18.6. The Hall–Kier alpha value is -2.67. The molecule has 0 aliphatic carbocycles. The van der Waals surface area contributed by atoms with Gasteiger partial charge in [0.05, 0.1) is 17.4 Å². The lowest BCUT2D eigenvalue weighted by molar-refractivity contribution is -0.134. The maximum atomic E-state index is 14.6. The van der Waals surface area contributed by atoms with Crippen LogP contribution in [0.4, 0.5) is 4.39 Å². The van der Waals surface area contributed by atoms with Gasteiger partial charge in [-0.25, -0.2) is 4.39 Å². The van der Waals surface area contributed by atoms with E-state index in [1.54, 1.807) is 18.2 Å². The van der Waals surface area contributed by atoms with E-state index in [1.165, 1.54) is 24.2 Å². The highest BCUT2D eigenvalue weighted by Gasteiger charge is 2.30. The maximum Gasteiger partial charge on any atom is 0.236 e. The number of thioether (sulfide) groups is 1. The van der Waals surface area contributed by atoms with E-state index in [4.69, 9.17) is 0 Å². The first kappa shape index (κ1) is 22.5. The van der Waals surface area contributed by atoms with Crippen LogP contribution in [-0.2, 0) is 11.3 Å². The summed E-state index contributed by atoms with van der Waals surface area (Å²) in [6, 6.07) is 16.9. The van der Waals surface area contributed by atoms with Gasteiger partial charge in [0, 0.05) is 12.6 Å². The third-order valence-corrected chi connectivity index (χ3v) is 7.09. The molecule has 7 heteroatoms. The van der Waals surface area contributed by atoms with Gasteiger partial charge in [-0.15, -0.1) is 10.2 Å². The van der Waals surface area contributed by atoms with Crippen LogP contribution in [0.3, 0.4) is 0 Å². The third kappa shape index (κ3) is 4.88. The summed E-state index contributed by atoms with van der Waals surface area (Å²) in [5, 5.41) is 9.03. The third-order valence-electron chi connectivity index (χ3n) is 6.03. The number of likely N-dealkylation sites (tertiary alicyclic amines) is 1. The Morgan fingerprint density at radius 1 is 1.12 bits per heavy atom. The highest BCUT2D eigenvalue weighted by Crippen LogP contribution is 2.31. The molecule has 1 aromatic heterocycles. The number of amides is 1. The van der Waals surface area contributed by atoms with E-state index >= 15 is 0 Å². The Balaban J connectivity index is 1.63. The first-order valence-electron chi connectivity index (χ1n) is 11.3. The van der Waals surface area contributed by atoms with E-state index in [2.05, 4.69) is 17.1 Å². The molecule has 1 aliphatic rings. The van der Waals surface area contributed by atoms with Gasteiger partial charge in [0.2, 0.25) is 5.91 Å². The molecule has 0 spiro atoms. The number of hydrogen-bond acceptors (Lipinski definition) is 4. The number of carbonyl (C=O) groups excluding carboxylic acids is 1. The highest BCUT2D eigenvalue weighted by molar-refractivity contribution is 8.00. The van der Waals surface area contributed by atoms with Crippen LogP contribution < -0.4 is 0 Å². The van der Waals surface area contributed by atoms with Crippen molar-refractivity contribution < 1.29 is 9.18 Å². The van der Waals surface area contributed by atoms with E-state index in [-0.39, 0.29) is 17.0 Å². The van der Waals surface area contributed by atoms with E-state index in [1.807, 2.05) is 46.7 Å². The van der Waals surface area contributed by atoms with Crippen molar-refractivity contribution in [2.75, 3.05) is 6.54 Å². The molecule has 0 bridgehead atoms. The van der Waals surface area contributed by atoms with Crippen LogP contribution in [0.5, 0.6) is 0 Å². The van der Waals surface area contributed by atoms with Gasteiger partial charge in [0.15, 0.2) is 11.0 Å². The summed E-state index contributed by atoms with van der Waals surface area (Å²) in [5.41, 5.74) is 1.47. The van der Waals surface area contributed by atoms with Crippen LogP contribution in [-0.4, -0.2) is 43.4 Å². The molecule has 1 fully saturated rings. The molecule has 168 valence electrons. The standard InChI is InChI=1S/C25H29FN4OS/c1-3-20-13-9-10-16-29(20)24(31)18(2)32-25-28-27-23(21-14-7-8-15-22(21)26)30(25)17-19-11-5-4-6-12-19/h4-8,11-12,14-15,18,20H,3,9-10,13,16-17H2,1-2H3. The molecular formula is C25H29FN4OS.